The number of nitrogens with zero attached hydrogens (tertiary/aromatic N) is 1. The number of halogens is 1. The molecule has 0 unspecified atom stereocenters. The molecule has 0 aromatic heterocycles. The van der Waals surface area contributed by atoms with Crippen molar-refractivity contribution in [3.05, 3.63) is 23.2 Å². The molecule has 1 aliphatic carbocycles. The Kier molecular flexibility index (Phi) is 4.72. The highest BCUT2D eigenvalue weighted by Gasteiger charge is 2.22. The molecule has 3 N–H and O–H groups in total. The van der Waals surface area contributed by atoms with Gasteiger partial charge in [-0.05, 0) is 25.0 Å². The van der Waals surface area contributed by atoms with Crippen molar-refractivity contribution in [1.29, 1.82) is 0 Å². The van der Waals surface area contributed by atoms with Crippen molar-refractivity contribution in [2.75, 3.05) is 23.8 Å². The van der Waals surface area contributed by atoms with E-state index in [0.29, 0.717) is 23.3 Å². The lowest BCUT2D eigenvalue weighted by molar-refractivity contribution is 0.290. The molecule has 100 valence electrons. The van der Waals surface area contributed by atoms with Crippen molar-refractivity contribution >= 4 is 23.0 Å². The molecular weight excluding hydrogens is 248 g/mol. The maximum atomic E-state index is 9.27. The largest absolute Gasteiger partial charge is 0.396 e. The summed E-state index contributed by atoms with van der Waals surface area (Å²) in [7, 11) is 0. The number of nitrogen functional groups attached to an aromatic ring is 1. The Morgan fingerprint density at radius 2 is 2.00 bits per heavy atom. The summed E-state index contributed by atoms with van der Waals surface area (Å²) in [6.07, 6.45) is 6.17. The van der Waals surface area contributed by atoms with Crippen LogP contribution in [0.2, 0.25) is 5.02 Å². The Balaban J connectivity index is 2.25. The molecule has 0 radical (unpaired) electrons. The first-order valence-corrected chi connectivity index (χ1v) is 7.03. The Labute approximate surface area is 114 Å². The van der Waals surface area contributed by atoms with Crippen molar-refractivity contribution in [1.82, 2.24) is 0 Å². The molecule has 0 bridgehead atoms. The van der Waals surface area contributed by atoms with Gasteiger partial charge in [-0.1, -0.05) is 36.9 Å². The maximum Gasteiger partial charge on any atom is 0.0741 e. The smallest absolute Gasteiger partial charge is 0.0741 e. The molecule has 0 amide bonds. The molecule has 0 atom stereocenters. The number of hydrogen-bond acceptors (Lipinski definition) is 3. The van der Waals surface area contributed by atoms with Crippen molar-refractivity contribution < 1.29 is 5.11 Å². The number of aliphatic hydroxyl groups is 1. The summed E-state index contributed by atoms with van der Waals surface area (Å²) in [5.74, 6) is 0. The molecule has 2 rings (SSSR count). The number of rotatable bonds is 4. The predicted molar refractivity (Wildman–Crippen MR) is 77.2 cm³/mol. The average molecular weight is 269 g/mol. The monoisotopic (exact) mass is 268 g/mol. The van der Waals surface area contributed by atoms with Crippen LogP contribution >= 0.6 is 11.6 Å². The van der Waals surface area contributed by atoms with Gasteiger partial charge in [-0.2, -0.15) is 0 Å². The minimum Gasteiger partial charge on any atom is -0.396 e. The molecule has 1 aromatic carbocycles. The van der Waals surface area contributed by atoms with Gasteiger partial charge in [0, 0.05) is 12.6 Å². The van der Waals surface area contributed by atoms with Crippen LogP contribution in [0.3, 0.4) is 0 Å². The van der Waals surface area contributed by atoms with Crippen molar-refractivity contribution in [2.45, 2.75) is 38.1 Å². The minimum atomic E-state index is 0.141. The van der Waals surface area contributed by atoms with Crippen LogP contribution < -0.4 is 10.6 Å². The van der Waals surface area contributed by atoms with Gasteiger partial charge < -0.3 is 15.7 Å². The second kappa shape index (κ2) is 6.30. The molecule has 0 heterocycles. The number of benzene rings is 1. The lowest BCUT2D eigenvalue weighted by atomic mass is 9.93. The molecular formula is C14H21ClN2O. The number of anilines is 2. The van der Waals surface area contributed by atoms with Crippen molar-refractivity contribution in [2.24, 2.45) is 0 Å². The highest BCUT2D eigenvalue weighted by Crippen LogP contribution is 2.34. The molecule has 1 fully saturated rings. The average Bonchev–Trinajstić information content (AvgIpc) is 2.41. The summed E-state index contributed by atoms with van der Waals surface area (Å²) in [6.45, 7) is 0.762. The van der Waals surface area contributed by atoms with Gasteiger partial charge in [0.05, 0.1) is 23.0 Å². The summed E-state index contributed by atoms with van der Waals surface area (Å²) in [5, 5.41) is 9.86. The van der Waals surface area contributed by atoms with E-state index in [1.165, 1.54) is 32.1 Å². The molecule has 1 saturated carbocycles. The van der Waals surface area contributed by atoms with E-state index in [2.05, 4.69) is 4.90 Å². The molecule has 0 saturated heterocycles. The SMILES string of the molecule is Nc1c(Cl)cccc1N(CCO)C1CCCCC1. The van der Waals surface area contributed by atoms with E-state index in [4.69, 9.17) is 17.3 Å². The predicted octanol–water partition coefficient (Wildman–Crippen LogP) is 3.05. The zero-order valence-electron chi connectivity index (χ0n) is 10.6. The van der Waals surface area contributed by atoms with E-state index in [1.54, 1.807) is 6.07 Å². The van der Waals surface area contributed by atoms with Crippen LogP contribution in [-0.4, -0.2) is 24.3 Å². The Morgan fingerprint density at radius 3 is 2.67 bits per heavy atom. The number of hydrogen-bond donors (Lipinski definition) is 2. The van der Waals surface area contributed by atoms with E-state index in [-0.39, 0.29) is 6.61 Å². The minimum absolute atomic E-state index is 0.141. The standard InChI is InChI=1S/C14H21ClN2O/c15-12-7-4-8-13(14(12)16)17(9-10-18)11-5-2-1-3-6-11/h4,7-8,11,18H,1-3,5-6,9-10,16H2. The summed E-state index contributed by atoms with van der Waals surface area (Å²) >= 11 is 6.08. The third-order valence-electron chi connectivity index (χ3n) is 3.70. The Bertz CT molecular complexity index is 391. The van der Waals surface area contributed by atoms with Gasteiger partial charge in [-0.3, -0.25) is 0 Å². The number of nitrogens with two attached hydrogens (primary N) is 1. The van der Waals surface area contributed by atoms with Crippen LogP contribution in [0.25, 0.3) is 0 Å². The van der Waals surface area contributed by atoms with Crippen LogP contribution in [0.5, 0.6) is 0 Å². The molecule has 18 heavy (non-hydrogen) atoms. The fraction of sp³-hybridized carbons (Fsp3) is 0.571. The van der Waals surface area contributed by atoms with E-state index in [9.17, 15) is 5.11 Å². The maximum absolute atomic E-state index is 9.27. The van der Waals surface area contributed by atoms with Crippen molar-refractivity contribution in [3.63, 3.8) is 0 Å². The Morgan fingerprint density at radius 1 is 1.28 bits per heavy atom. The molecule has 1 aliphatic rings. The second-order valence-corrected chi connectivity index (χ2v) is 5.29. The summed E-state index contributed by atoms with van der Waals surface area (Å²) in [4.78, 5) is 2.22. The lowest BCUT2D eigenvalue weighted by Crippen LogP contribution is -2.39. The summed E-state index contributed by atoms with van der Waals surface area (Å²) in [5.41, 5.74) is 7.65. The van der Waals surface area contributed by atoms with Crippen LogP contribution in [-0.2, 0) is 0 Å². The summed E-state index contributed by atoms with van der Waals surface area (Å²) in [6, 6.07) is 6.19. The number of para-hydroxylation sites is 1. The quantitative estimate of drug-likeness (QED) is 0.825. The molecule has 0 spiro atoms. The molecule has 1 aromatic rings. The van der Waals surface area contributed by atoms with E-state index < -0.39 is 0 Å². The third kappa shape index (κ3) is 2.90. The van der Waals surface area contributed by atoms with Crippen LogP contribution in [0.1, 0.15) is 32.1 Å². The van der Waals surface area contributed by atoms with Gasteiger partial charge in [-0.15, -0.1) is 0 Å². The van der Waals surface area contributed by atoms with Gasteiger partial charge in [0.1, 0.15) is 0 Å². The van der Waals surface area contributed by atoms with Crippen LogP contribution in [0, 0.1) is 0 Å². The van der Waals surface area contributed by atoms with Crippen molar-refractivity contribution in [3.8, 4) is 0 Å². The highest BCUT2D eigenvalue weighted by atomic mass is 35.5. The zero-order chi connectivity index (χ0) is 13.0. The first kappa shape index (κ1) is 13.5. The van der Waals surface area contributed by atoms with E-state index in [1.807, 2.05) is 12.1 Å². The fourth-order valence-corrected chi connectivity index (χ4v) is 2.95. The van der Waals surface area contributed by atoms with Gasteiger partial charge in [0.25, 0.3) is 0 Å². The van der Waals surface area contributed by atoms with Crippen LogP contribution in [0.4, 0.5) is 11.4 Å². The highest BCUT2D eigenvalue weighted by molar-refractivity contribution is 6.33. The third-order valence-corrected chi connectivity index (χ3v) is 4.03. The normalized spacial score (nSPS) is 16.8. The lowest BCUT2D eigenvalue weighted by Gasteiger charge is -2.36. The molecule has 0 aliphatic heterocycles. The van der Waals surface area contributed by atoms with Crippen LogP contribution in [0.15, 0.2) is 18.2 Å². The van der Waals surface area contributed by atoms with Gasteiger partial charge in [0.2, 0.25) is 0 Å². The Hall–Kier alpha value is -0.930. The first-order valence-electron chi connectivity index (χ1n) is 6.65. The van der Waals surface area contributed by atoms with Gasteiger partial charge in [0.15, 0.2) is 0 Å². The number of aliphatic hydroxyl groups excluding tert-OH is 1. The van der Waals surface area contributed by atoms with Gasteiger partial charge >= 0.3 is 0 Å². The fourth-order valence-electron chi connectivity index (χ4n) is 2.78. The van der Waals surface area contributed by atoms with Gasteiger partial charge in [-0.25, -0.2) is 0 Å². The summed E-state index contributed by atoms with van der Waals surface area (Å²) < 4.78 is 0. The molecule has 4 heteroatoms. The zero-order valence-corrected chi connectivity index (χ0v) is 11.4. The van der Waals surface area contributed by atoms with E-state index >= 15 is 0 Å². The first-order chi connectivity index (χ1) is 8.74. The molecule has 3 nitrogen and oxygen atoms in total. The van der Waals surface area contributed by atoms with E-state index in [0.717, 1.165) is 5.69 Å². The second-order valence-electron chi connectivity index (χ2n) is 4.88. The topological polar surface area (TPSA) is 49.5 Å².